The molecule has 0 amide bonds. The standard InChI is InChI=1S/C20H22N2O3S2/c1-12-7-14-15(22-16-9-20(2,3)10-17(23)19(14)16)8-18(12)27(24,25)21-11-13-5-4-6-26-13/h4-8,21-22H,9-11H2,1-3H3. The molecule has 0 fully saturated rings. The molecule has 0 saturated carbocycles. The van der Waals surface area contributed by atoms with E-state index in [2.05, 4.69) is 23.6 Å². The summed E-state index contributed by atoms with van der Waals surface area (Å²) in [6.07, 6.45) is 1.29. The fourth-order valence-corrected chi connectivity index (χ4v) is 5.84. The smallest absolute Gasteiger partial charge is 0.241 e. The lowest BCUT2D eigenvalue weighted by atomic mass is 9.76. The Morgan fingerprint density at radius 3 is 2.74 bits per heavy atom. The summed E-state index contributed by atoms with van der Waals surface area (Å²) in [6, 6.07) is 7.27. The number of carbonyl (C=O) groups excluding carboxylic acids is 1. The lowest BCUT2D eigenvalue weighted by Gasteiger charge is -2.28. The third-order valence-electron chi connectivity index (χ3n) is 5.05. The van der Waals surface area contributed by atoms with Crippen molar-refractivity contribution in [3.63, 3.8) is 0 Å². The molecule has 3 aromatic rings. The number of thiophene rings is 1. The highest BCUT2D eigenvalue weighted by atomic mass is 32.2. The van der Waals surface area contributed by atoms with Gasteiger partial charge in [0.05, 0.1) is 4.90 Å². The molecule has 0 unspecified atom stereocenters. The number of ketones is 1. The van der Waals surface area contributed by atoms with E-state index in [4.69, 9.17) is 0 Å². The van der Waals surface area contributed by atoms with E-state index in [1.165, 1.54) is 11.3 Å². The van der Waals surface area contributed by atoms with E-state index in [9.17, 15) is 13.2 Å². The number of aromatic amines is 1. The van der Waals surface area contributed by atoms with Gasteiger partial charge in [-0.15, -0.1) is 11.3 Å². The molecule has 1 aliphatic rings. The molecule has 5 nitrogen and oxygen atoms in total. The van der Waals surface area contributed by atoms with E-state index in [0.29, 0.717) is 17.5 Å². The highest BCUT2D eigenvalue weighted by molar-refractivity contribution is 7.89. The van der Waals surface area contributed by atoms with Gasteiger partial charge < -0.3 is 4.98 Å². The maximum Gasteiger partial charge on any atom is 0.241 e. The minimum atomic E-state index is -3.64. The molecule has 2 aromatic heterocycles. The second-order valence-electron chi connectivity index (χ2n) is 7.99. The molecule has 2 heterocycles. The van der Waals surface area contributed by atoms with Gasteiger partial charge in [0.15, 0.2) is 5.78 Å². The Kier molecular flexibility index (Phi) is 4.29. The van der Waals surface area contributed by atoms with Gasteiger partial charge in [-0.05, 0) is 47.9 Å². The Hall–Kier alpha value is -1.96. The average Bonchev–Trinajstić information content (AvgIpc) is 3.17. The molecular weight excluding hydrogens is 380 g/mol. The highest BCUT2D eigenvalue weighted by Crippen LogP contribution is 2.38. The van der Waals surface area contributed by atoms with E-state index in [1.807, 2.05) is 23.6 Å². The zero-order chi connectivity index (χ0) is 19.4. The number of carbonyl (C=O) groups is 1. The van der Waals surface area contributed by atoms with Gasteiger partial charge in [-0.25, -0.2) is 13.1 Å². The van der Waals surface area contributed by atoms with Crippen LogP contribution < -0.4 is 4.72 Å². The number of H-pyrrole nitrogens is 1. The predicted molar refractivity (Wildman–Crippen MR) is 108 cm³/mol. The van der Waals surface area contributed by atoms with Crippen molar-refractivity contribution in [1.29, 1.82) is 0 Å². The number of hydrogen-bond donors (Lipinski definition) is 2. The quantitative estimate of drug-likeness (QED) is 0.687. The summed E-state index contributed by atoms with van der Waals surface area (Å²) in [5.41, 5.74) is 2.89. The van der Waals surface area contributed by atoms with Crippen molar-refractivity contribution in [2.75, 3.05) is 0 Å². The van der Waals surface area contributed by atoms with Crippen LogP contribution in [0.15, 0.2) is 34.5 Å². The van der Waals surface area contributed by atoms with Gasteiger partial charge in [0.25, 0.3) is 0 Å². The summed E-state index contributed by atoms with van der Waals surface area (Å²) in [6.45, 7) is 6.20. The van der Waals surface area contributed by atoms with Crippen molar-refractivity contribution in [3.8, 4) is 0 Å². The first-order valence-corrected chi connectivity index (χ1v) is 11.2. The second kappa shape index (κ2) is 6.29. The van der Waals surface area contributed by atoms with Crippen LogP contribution in [0.2, 0.25) is 0 Å². The van der Waals surface area contributed by atoms with Crippen LogP contribution in [-0.4, -0.2) is 19.2 Å². The third-order valence-corrected chi connectivity index (χ3v) is 7.47. The van der Waals surface area contributed by atoms with Crippen LogP contribution in [0.3, 0.4) is 0 Å². The average molecular weight is 403 g/mol. The number of aromatic nitrogens is 1. The van der Waals surface area contributed by atoms with Crippen molar-refractivity contribution in [2.45, 2.75) is 45.1 Å². The second-order valence-corrected chi connectivity index (χ2v) is 10.8. The molecule has 1 aromatic carbocycles. The molecule has 2 N–H and O–H groups in total. The number of hydrogen-bond acceptors (Lipinski definition) is 4. The van der Waals surface area contributed by atoms with Gasteiger partial charge in [0, 0.05) is 40.0 Å². The van der Waals surface area contributed by atoms with E-state index in [1.54, 1.807) is 13.0 Å². The van der Waals surface area contributed by atoms with Crippen molar-refractivity contribution < 1.29 is 13.2 Å². The number of benzene rings is 1. The molecule has 0 aliphatic heterocycles. The molecule has 0 atom stereocenters. The van der Waals surface area contributed by atoms with E-state index >= 15 is 0 Å². The molecule has 1 aliphatic carbocycles. The number of nitrogens with one attached hydrogen (secondary N) is 2. The molecule has 0 bridgehead atoms. The maximum atomic E-state index is 12.8. The predicted octanol–water partition coefficient (Wildman–Crippen LogP) is 4.17. The Morgan fingerprint density at radius 2 is 2.04 bits per heavy atom. The SMILES string of the molecule is Cc1cc2c3c([nH]c2cc1S(=O)(=O)NCc1cccs1)CC(C)(C)CC3=O. The fraction of sp³-hybridized carbons (Fsp3) is 0.350. The Balaban J connectivity index is 1.75. The van der Waals surface area contributed by atoms with Crippen LogP contribution in [0.5, 0.6) is 0 Å². The topological polar surface area (TPSA) is 79.0 Å². The Labute approximate surface area is 162 Å². The van der Waals surface area contributed by atoms with Gasteiger partial charge in [0.2, 0.25) is 10.0 Å². The molecule has 0 spiro atoms. The number of fused-ring (bicyclic) bond motifs is 3. The zero-order valence-electron chi connectivity index (χ0n) is 15.5. The van der Waals surface area contributed by atoms with Gasteiger partial charge >= 0.3 is 0 Å². The van der Waals surface area contributed by atoms with E-state index in [-0.39, 0.29) is 22.6 Å². The summed E-state index contributed by atoms with van der Waals surface area (Å²) in [5, 5.41) is 2.74. The van der Waals surface area contributed by atoms with Crippen molar-refractivity contribution in [3.05, 3.63) is 51.3 Å². The molecule has 7 heteroatoms. The molecule has 0 saturated heterocycles. The Bertz CT molecular complexity index is 1140. The van der Waals surface area contributed by atoms with Gasteiger partial charge in [-0.3, -0.25) is 4.79 Å². The summed E-state index contributed by atoms with van der Waals surface area (Å²) >= 11 is 1.51. The summed E-state index contributed by atoms with van der Waals surface area (Å²) < 4.78 is 28.3. The van der Waals surface area contributed by atoms with Crippen LogP contribution in [0, 0.1) is 12.3 Å². The van der Waals surface area contributed by atoms with Crippen molar-refractivity contribution >= 4 is 38.0 Å². The van der Waals surface area contributed by atoms with Crippen molar-refractivity contribution in [2.24, 2.45) is 5.41 Å². The molecule has 27 heavy (non-hydrogen) atoms. The first kappa shape index (κ1) is 18.4. The van der Waals surface area contributed by atoms with Crippen LogP contribution >= 0.6 is 11.3 Å². The molecule has 4 rings (SSSR count). The van der Waals surface area contributed by atoms with Crippen molar-refractivity contribution in [1.82, 2.24) is 9.71 Å². The zero-order valence-corrected chi connectivity index (χ0v) is 17.2. The number of Topliss-reactive ketones (excluding diaryl/α,β-unsaturated/α-hetero) is 1. The van der Waals surface area contributed by atoms with Gasteiger partial charge in [0.1, 0.15) is 0 Å². The van der Waals surface area contributed by atoms with E-state index < -0.39 is 10.0 Å². The first-order valence-electron chi connectivity index (χ1n) is 8.87. The molecule has 142 valence electrons. The number of sulfonamides is 1. The monoisotopic (exact) mass is 402 g/mol. The van der Waals surface area contributed by atoms with Crippen LogP contribution in [0.1, 0.15) is 46.8 Å². The largest absolute Gasteiger partial charge is 0.358 e. The van der Waals surface area contributed by atoms with Gasteiger partial charge in [-0.2, -0.15) is 0 Å². The number of aryl methyl sites for hydroxylation is 1. The maximum absolute atomic E-state index is 12.8. The van der Waals surface area contributed by atoms with Gasteiger partial charge in [-0.1, -0.05) is 19.9 Å². The molecule has 0 radical (unpaired) electrons. The third kappa shape index (κ3) is 3.35. The lowest BCUT2D eigenvalue weighted by Crippen LogP contribution is -2.26. The fourth-order valence-electron chi connectivity index (χ4n) is 3.85. The minimum Gasteiger partial charge on any atom is -0.358 e. The highest BCUT2D eigenvalue weighted by Gasteiger charge is 2.34. The van der Waals surface area contributed by atoms with Crippen LogP contribution in [0.4, 0.5) is 0 Å². The summed E-state index contributed by atoms with van der Waals surface area (Å²) in [7, 11) is -3.64. The Morgan fingerprint density at radius 1 is 1.26 bits per heavy atom. The first-order chi connectivity index (χ1) is 12.7. The summed E-state index contributed by atoms with van der Waals surface area (Å²) in [4.78, 5) is 17.2. The minimum absolute atomic E-state index is 0.0861. The van der Waals surface area contributed by atoms with Crippen LogP contribution in [0.25, 0.3) is 10.9 Å². The number of rotatable bonds is 4. The normalized spacial score (nSPS) is 16.6. The van der Waals surface area contributed by atoms with E-state index in [0.717, 1.165) is 27.9 Å². The van der Waals surface area contributed by atoms with Crippen LogP contribution in [-0.2, 0) is 23.0 Å². The lowest BCUT2D eigenvalue weighted by molar-refractivity contribution is 0.0913. The summed E-state index contributed by atoms with van der Waals surface area (Å²) in [5.74, 6) is 0.123. The molecular formula is C20H22N2O3S2.